The van der Waals surface area contributed by atoms with Gasteiger partial charge in [-0.15, -0.1) is 0 Å². The molecule has 0 aliphatic carbocycles. The third-order valence-electron chi connectivity index (χ3n) is 4.00. The highest BCUT2D eigenvalue weighted by atomic mass is 127. The van der Waals surface area contributed by atoms with E-state index in [-0.39, 0.29) is 24.3 Å². The summed E-state index contributed by atoms with van der Waals surface area (Å²) < 4.78 is 27.6. The average Bonchev–Trinajstić information content (AvgIpc) is 2.65. The van der Waals surface area contributed by atoms with Gasteiger partial charge in [0.1, 0.15) is 12.4 Å². The van der Waals surface area contributed by atoms with E-state index in [2.05, 4.69) is 15.6 Å². The van der Waals surface area contributed by atoms with E-state index < -0.39 is 10.5 Å². The molecule has 2 aromatic rings. The zero-order valence-corrected chi connectivity index (χ0v) is 19.1. The Morgan fingerprint density at radius 2 is 1.80 bits per heavy atom. The average molecular weight is 531 g/mol. The summed E-state index contributed by atoms with van der Waals surface area (Å²) in [6.07, 6.45) is 0. The van der Waals surface area contributed by atoms with Crippen molar-refractivity contribution in [3.8, 4) is 0 Å². The molecule has 9 heteroatoms. The highest BCUT2D eigenvalue weighted by molar-refractivity contribution is 14.1. The summed E-state index contributed by atoms with van der Waals surface area (Å²) in [5.74, 6) is -0.334. The number of pyridine rings is 1. The molecule has 0 atom stereocenters. The molecule has 0 aliphatic heterocycles. The minimum absolute atomic E-state index is 0.0897. The molecule has 2 amide bonds. The molecule has 0 radical (unpaired) electrons. The molecule has 0 saturated carbocycles. The number of aromatic nitrogens is 1. The van der Waals surface area contributed by atoms with Gasteiger partial charge >= 0.3 is 3.93 Å². The number of amides is 2. The fourth-order valence-electron chi connectivity index (χ4n) is 2.46. The summed E-state index contributed by atoms with van der Waals surface area (Å²) in [5, 5.41) is 5.51. The molecule has 6 nitrogen and oxygen atoms in total. The summed E-state index contributed by atoms with van der Waals surface area (Å²) in [5.41, 5.74) is 2.63. The first-order valence-corrected chi connectivity index (χ1v) is 10.4. The summed E-state index contributed by atoms with van der Waals surface area (Å²) in [7, 11) is 0. The van der Waals surface area contributed by atoms with Gasteiger partial charge in [-0.05, 0) is 30.2 Å². The fourth-order valence-corrected chi connectivity index (χ4v) is 2.68. The highest BCUT2D eigenvalue weighted by Gasteiger charge is 2.23. The number of hydrogen-bond donors (Lipinski definition) is 2. The number of carbonyl (C=O) groups excluding carboxylic acids is 2. The number of hydrogen-bond acceptors (Lipinski definition) is 4. The number of halogens is 3. The van der Waals surface area contributed by atoms with Crippen LogP contribution in [0.15, 0.2) is 36.4 Å². The van der Waals surface area contributed by atoms with Gasteiger partial charge in [-0.1, -0.05) is 38.1 Å². The van der Waals surface area contributed by atoms with Gasteiger partial charge in [0.15, 0.2) is 0 Å². The van der Waals surface area contributed by atoms with Crippen molar-refractivity contribution in [2.75, 3.05) is 11.9 Å². The number of alkyl halides is 3. The Labute approximate surface area is 187 Å². The van der Waals surface area contributed by atoms with Crippen LogP contribution in [0, 0.1) is 12.8 Å². The smallest absolute Gasteiger partial charge is 0.319 e. The third kappa shape index (κ3) is 8.31. The second kappa shape index (κ2) is 10.8. The molecule has 0 fully saturated rings. The van der Waals surface area contributed by atoms with Crippen LogP contribution in [0.3, 0.4) is 0 Å². The van der Waals surface area contributed by atoms with Gasteiger partial charge in [0.2, 0.25) is 5.91 Å². The number of nitrogens with zero attached hydrogens (tertiary/aromatic N) is 1. The molecule has 30 heavy (non-hydrogen) atoms. The number of nitrogens with one attached hydrogen (secondary N) is 2. The van der Waals surface area contributed by atoms with Crippen molar-refractivity contribution in [1.82, 2.24) is 10.3 Å². The van der Waals surface area contributed by atoms with Gasteiger partial charge in [-0.25, -0.2) is 4.98 Å². The van der Waals surface area contributed by atoms with E-state index in [0.29, 0.717) is 23.6 Å². The van der Waals surface area contributed by atoms with Crippen LogP contribution in [0.1, 0.15) is 41.0 Å². The van der Waals surface area contributed by atoms with Crippen molar-refractivity contribution >= 4 is 40.2 Å². The molecule has 0 bridgehead atoms. The first kappa shape index (κ1) is 24.1. The van der Waals surface area contributed by atoms with Crippen LogP contribution >= 0.6 is 22.6 Å². The van der Waals surface area contributed by atoms with E-state index in [1.54, 1.807) is 51.1 Å². The van der Waals surface area contributed by atoms with Crippen LogP contribution in [-0.2, 0) is 22.7 Å². The van der Waals surface area contributed by atoms with E-state index in [1.807, 2.05) is 0 Å². The Balaban J connectivity index is 1.92. The van der Waals surface area contributed by atoms with Crippen LogP contribution < -0.4 is 10.6 Å². The van der Waals surface area contributed by atoms with Crippen molar-refractivity contribution in [2.45, 2.75) is 37.9 Å². The number of benzene rings is 1. The standard InChI is InChI=1S/C21H24F2IN3O3/c1-13(2)19(28)27-18-9-17(8-14(3)26-18)20(29)25-10-15-4-6-16(7-5-15)11-30-12-21(22,23)24/h4-9,13H,10-12H2,1-3H3,(H,25,29)(H,26,27,28). The van der Waals surface area contributed by atoms with Crippen molar-refractivity contribution in [3.05, 3.63) is 58.8 Å². The largest absolute Gasteiger partial charge is 0.370 e. The summed E-state index contributed by atoms with van der Waals surface area (Å²) in [4.78, 5) is 28.6. The van der Waals surface area contributed by atoms with Crippen LogP contribution in [0.5, 0.6) is 0 Å². The first-order valence-electron chi connectivity index (χ1n) is 9.33. The summed E-state index contributed by atoms with van der Waals surface area (Å²) in [6, 6.07) is 10.3. The lowest BCUT2D eigenvalue weighted by molar-refractivity contribution is -0.118. The van der Waals surface area contributed by atoms with Crippen LogP contribution in [-0.4, -0.2) is 27.3 Å². The fraction of sp³-hybridized carbons (Fsp3) is 0.381. The van der Waals surface area contributed by atoms with E-state index in [9.17, 15) is 18.4 Å². The van der Waals surface area contributed by atoms with Crippen molar-refractivity contribution in [3.63, 3.8) is 0 Å². The molecule has 0 spiro atoms. The second-order valence-corrected chi connectivity index (χ2v) is 8.71. The predicted octanol–water partition coefficient (Wildman–Crippen LogP) is 4.46. The van der Waals surface area contributed by atoms with Crippen LogP contribution in [0.25, 0.3) is 0 Å². The Morgan fingerprint density at radius 3 is 2.40 bits per heavy atom. The minimum Gasteiger partial charge on any atom is -0.370 e. The molecule has 1 heterocycles. The number of carbonyl (C=O) groups is 2. The van der Waals surface area contributed by atoms with Crippen molar-refractivity contribution in [2.24, 2.45) is 5.92 Å². The molecule has 0 unspecified atom stereocenters. The number of rotatable bonds is 9. The molecule has 162 valence electrons. The van der Waals surface area contributed by atoms with E-state index in [0.717, 1.165) is 33.7 Å². The topological polar surface area (TPSA) is 80.3 Å². The van der Waals surface area contributed by atoms with Gasteiger partial charge < -0.3 is 15.4 Å². The van der Waals surface area contributed by atoms with Gasteiger partial charge in [-0.3, -0.25) is 9.59 Å². The molecule has 2 N–H and O–H groups in total. The van der Waals surface area contributed by atoms with Gasteiger partial charge in [0.05, 0.1) is 6.61 Å². The van der Waals surface area contributed by atoms with Gasteiger partial charge in [0.25, 0.3) is 5.91 Å². The SMILES string of the molecule is Cc1cc(C(=O)NCc2ccc(COCC(F)(F)I)cc2)cc(NC(=O)C(C)C)n1. The molecule has 1 aromatic heterocycles. The van der Waals surface area contributed by atoms with Crippen molar-refractivity contribution in [1.29, 1.82) is 0 Å². The van der Waals surface area contributed by atoms with Gasteiger partial charge in [-0.2, -0.15) is 8.78 Å². The highest BCUT2D eigenvalue weighted by Crippen LogP contribution is 2.22. The lowest BCUT2D eigenvalue weighted by Gasteiger charge is -2.11. The maximum Gasteiger partial charge on any atom is 0.319 e. The number of anilines is 1. The summed E-state index contributed by atoms with van der Waals surface area (Å²) in [6.45, 7) is 5.03. The number of aryl methyl sites for hydroxylation is 1. The number of ether oxygens (including phenoxy) is 1. The maximum absolute atomic E-state index is 12.7. The van der Waals surface area contributed by atoms with E-state index in [4.69, 9.17) is 4.74 Å². The lowest BCUT2D eigenvalue weighted by atomic mass is 10.1. The predicted molar refractivity (Wildman–Crippen MR) is 119 cm³/mol. The monoisotopic (exact) mass is 531 g/mol. The molecular formula is C21H24F2IN3O3. The van der Waals surface area contributed by atoms with Crippen LogP contribution in [0.2, 0.25) is 0 Å². The lowest BCUT2D eigenvalue weighted by Crippen LogP contribution is -2.24. The van der Waals surface area contributed by atoms with Crippen molar-refractivity contribution < 1.29 is 23.1 Å². The molecule has 2 rings (SSSR count). The quantitative estimate of drug-likeness (QED) is 0.370. The van der Waals surface area contributed by atoms with E-state index in [1.165, 1.54) is 6.07 Å². The zero-order valence-electron chi connectivity index (χ0n) is 17.0. The Morgan fingerprint density at radius 1 is 1.17 bits per heavy atom. The Bertz CT molecular complexity index is 884. The Hall–Kier alpha value is -2.14. The molecule has 0 aliphatic rings. The molecular weight excluding hydrogens is 507 g/mol. The normalized spacial score (nSPS) is 11.4. The zero-order chi connectivity index (χ0) is 22.3. The van der Waals surface area contributed by atoms with Crippen LogP contribution in [0.4, 0.5) is 14.6 Å². The Kier molecular flexibility index (Phi) is 8.65. The summed E-state index contributed by atoms with van der Waals surface area (Å²) >= 11 is 1.04. The first-order chi connectivity index (χ1) is 14.0. The second-order valence-electron chi connectivity index (χ2n) is 7.13. The third-order valence-corrected chi connectivity index (χ3v) is 4.31. The molecule has 0 saturated heterocycles. The molecule has 1 aromatic carbocycles. The van der Waals surface area contributed by atoms with E-state index >= 15 is 0 Å². The van der Waals surface area contributed by atoms with Gasteiger partial charge in [0, 0.05) is 46.3 Å². The minimum atomic E-state index is -2.88. The maximum atomic E-state index is 12.7.